The van der Waals surface area contributed by atoms with Gasteiger partial charge >= 0.3 is 5.97 Å². The minimum absolute atomic E-state index is 0.0460. The van der Waals surface area contributed by atoms with Gasteiger partial charge in [0.25, 0.3) is 5.56 Å². The Balaban J connectivity index is 2.15. The third kappa shape index (κ3) is 3.55. The van der Waals surface area contributed by atoms with E-state index in [0.29, 0.717) is 28.1 Å². The minimum atomic E-state index is -1.01. The molecule has 1 N–H and O–H groups in total. The Labute approximate surface area is 153 Å². The molecule has 0 aliphatic carbocycles. The molecule has 0 bridgehead atoms. The topological polar surface area (TPSA) is 72.0 Å². The molecule has 0 saturated carbocycles. The standard InChI is InChI=1S/C20H14F2N2O3/c1-3-4-11-5-6-13-14(7-11)18(23-24-19(13)25)9-12-8-15(20(26)27-2)17(22)10-16(12)21/h5-8,10H,9H2,1-2H3,(H,24,25). The van der Waals surface area contributed by atoms with Gasteiger partial charge in [0.1, 0.15) is 11.6 Å². The molecule has 0 spiro atoms. The van der Waals surface area contributed by atoms with Crippen molar-refractivity contribution in [1.29, 1.82) is 0 Å². The van der Waals surface area contributed by atoms with E-state index in [1.165, 1.54) is 0 Å². The van der Waals surface area contributed by atoms with E-state index in [4.69, 9.17) is 0 Å². The number of halogens is 2. The molecule has 3 aromatic rings. The number of fused-ring (bicyclic) bond motifs is 1. The number of ether oxygens (including phenoxy) is 1. The molecular formula is C20H14F2N2O3. The minimum Gasteiger partial charge on any atom is -0.465 e. The van der Waals surface area contributed by atoms with Crippen LogP contribution in [0.25, 0.3) is 10.8 Å². The normalized spacial score (nSPS) is 10.4. The number of benzene rings is 2. The molecule has 3 rings (SSSR count). The van der Waals surface area contributed by atoms with Crippen molar-refractivity contribution in [3.63, 3.8) is 0 Å². The van der Waals surface area contributed by atoms with E-state index in [0.717, 1.165) is 13.2 Å². The van der Waals surface area contributed by atoms with Gasteiger partial charge in [-0.2, -0.15) is 5.10 Å². The van der Waals surface area contributed by atoms with Gasteiger partial charge in [-0.1, -0.05) is 5.92 Å². The number of esters is 1. The molecule has 2 aromatic carbocycles. The number of H-pyrrole nitrogens is 1. The highest BCUT2D eigenvalue weighted by Crippen LogP contribution is 2.22. The van der Waals surface area contributed by atoms with E-state index < -0.39 is 17.6 Å². The van der Waals surface area contributed by atoms with Crippen molar-refractivity contribution >= 4 is 16.7 Å². The van der Waals surface area contributed by atoms with E-state index in [-0.39, 0.29) is 23.1 Å². The van der Waals surface area contributed by atoms with Gasteiger partial charge in [0.05, 0.1) is 23.8 Å². The molecule has 0 saturated heterocycles. The molecule has 0 amide bonds. The van der Waals surface area contributed by atoms with Crippen molar-refractivity contribution in [3.8, 4) is 11.8 Å². The molecular weight excluding hydrogens is 354 g/mol. The molecule has 0 fully saturated rings. The zero-order valence-electron chi connectivity index (χ0n) is 14.5. The Morgan fingerprint density at radius 3 is 2.67 bits per heavy atom. The maximum Gasteiger partial charge on any atom is 0.340 e. The highest BCUT2D eigenvalue weighted by molar-refractivity contribution is 5.90. The lowest BCUT2D eigenvalue weighted by molar-refractivity contribution is 0.0595. The number of aromatic nitrogens is 2. The summed E-state index contributed by atoms with van der Waals surface area (Å²) in [5, 5.41) is 7.24. The fourth-order valence-electron chi connectivity index (χ4n) is 2.75. The molecule has 0 atom stereocenters. The Kier molecular flexibility index (Phi) is 4.99. The molecule has 0 aliphatic heterocycles. The fraction of sp³-hybridized carbons (Fsp3) is 0.150. The summed E-state index contributed by atoms with van der Waals surface area (Å²) in [7, 11) is 1.11. The second kappa shape index (κ2) is 7.38. The average molecular weight is 368 g/mol. The van der Waals surface area contributed by atoms with Crippen LogP contribution in [0, 0.1) is 23.5 Å². The maximum absolute atomic E-state index is 14.2. The molecule has 0 radical (unpaired) electrons. The summed E-state index contributed by atoms with van der Waals surface area (Å²) in [5.74, 6) is 2.90. The lowest BCUT2D eigenvalue weighted by Crippen LogP contribution is -2.12. The van der Waals surface area contributed by atoms with Crippen molar-refractivity contribution < 1.29 is 18.3 Å². The first-order chi connectivity index (χ1) is 12.9. The summed E-state index contributed by atoms with van der Waals surface area (Å²) in [4.78, 5) is 23.7. The van der Waals surface area contributed by atoms with Crippen molar-refractivity contribution in [2.24, 2.45) is 0 Å². The number of hydrogen-bond acceptors (Lipinski definition) is 4. The number of aromatic amines is 1. The van der Waals surface area contributed by atoms with Gasteiger partial charge < -0.3 is 4.74 Å². The summed E-state index contributed by atoms with van der Waals surface area (Å²) in [5.41, 5.74) is 0.323. The molecule has 5 nitrogen and oxygen atoms in total. The predicted octanol–water partition coefficient (Wildman–Crippen LogP) is 2.95. The zero-order valence-corrected chi connectivity index (χ0v) is 14.5. The van der Waals surface area contributed by atoms with E-state index in [9.17, 15) is 18.4 Å². The molecule has 1 aromatic heterocycles. The van der Waals surface area contributed by atoms with Crippen molar-refractivity contribution in [1.82, 2.24) is 10.2 Å². The Bertz CT molecular complexity index is 1170. The lowest BCUT2D eigenvalue weighted by Gasteiger charge is -2.09. The number of hydrogen-bond donors (Lipinski definition) is 1. The second-order valence-corrected chi connectivity index (χ2v) is 5.73. The average Bonchev–Trinajstić information content (AvgIpc) is 2.65. The van der Waals surface area contributed by atoms with Gasteiger partial charge in [0.15, 0.2) is 0 Å². The van der Waals surface area contributed by atoms with Gasteiger partial charge in [-0.05, 0) is 36.8 Å². The van der Waals surface area contributed by atoms with Crippen LogP contribution in [-0.2, 0) is 11.2 Å². The van der Waals surface area contributed by atoms with Crippen LogP contribution in [0.4, 0.5) is 8.78 Å². The van der Waals surface area contributed by atoms with Gasteiger partial charge in [-0.15, -0.1) is 5.92 Å². The van der Waals surface area contributed by atoms with Crippen LogP contribution in [0.2, 0.25) is 0 Å². The SMILES string of the molecule is CC#Cc1ccc2c(=O)[nH]nc(Cc3cc(C(=O)OC)c(F)cc3F)c2c1. The largest absolute Gasteiger partial charge is 0.465 e. The van der Waals surface area contributed by atoms with Crippen molar-refractivity contribution in [3.05, 3.63) is 74.7 Å². The van der Waals surface area contributed by atoms with Crippen LogP contribution in [0.3, 0.4) is 0 Å². The number of carbonyl (C=O) groups excluding carboxylic acids is 1. The first-order valence-electron chi connectivity index (χ1n) is 7.95. The van der Waals surface area contributed by atoms with Gasteiger partial charge in [-0.25, -0.2) is 18.7 Å². The Morgan fingerprint density at radius 1 is 1.19 bits per heavy atom. The quantitative estimate of drug-likeness (QED) is 0.570. The van der Waals surface area contributed by atoms with E-state index >= 15 is 0 Å². The summed E-state index contributed by atoms with van der Waals surface area (Å²) in [6.45, 7) is 1.68. The second-order valence-electron chi connectivity index (χ2n) is 5.73. The van der Waals surface area contributed by atoms with E-state index in [1.807, 2.05) is 0 Å². The molecule has 7 heteroatoms. The molecule has 136 valence electrons. The van der Waals surface area contributed by atoms with Crippen molar-refractivity contribution in [2.45, 2.75) is 13.3 Å². The number of nitrogens with zero attached hydrogens (tertiary/aromatic N) is 1. The summed E-state index contributed by atoms with van der Waals surface area (Å²) >= 11 is 0. The number of carbonyl (C=O) groups is 1. The van der Waals surface area contributed by atoms with E-state index in [2.05, 4.69) is 26.8 Å². The summed E-state index contributed by atoms with van der Waals surface area (Å²) < 4.78 is 32.6. The number of rotatable bonds is 3. The van der Waals surface area contributed by atoms with Gasteiger partial charge in [-0.3, -0.25) is 4.79 Å². The molecule has 0 aliphatic rings. The summed E-state index contributed by atoms with van der Waals surface area (Å²) in [6, 6.07) is 6.71. The van der Waals surface area contributed by atoms with Gasteiger partial charge in [0, 0.05) is 23.4 Å². The Morgan fingerprint density at radius 2 is 1.96 bits per heavy atom. The third-order valence-electron chi connectivity index (χ3n) is 4.04. The highest BCUT2D eigenvalue weighted by Gasteiger charge is 2.18. The molecule has 1 heterocycles. The highest BCUT2D eigenvalue weighted by atomic mass is 19.1. The third-order valence-corrected chi connectivity index (χ3v) is 4.04. The summed E-state index contributed by atoms with van der Waals surface area (Å²) in [6.07, 6.45) is -0.0631. The van der Waals surface area contributed by atoms with E-state index in [1.54, 1.807) is 25.1 Å². The number of nitrogens with one attached hydrogen (secondary N) is 1. The monoisotopic (exact) mass is 368 g/mol. The van der Waals surface area contributed by atoms with Gasteiger partial charge in [0.2, 0.25) is 0 Å². The smallest absolute Gasteiger partial charge is 0.340 e. The number of methoxy groups -OCH3 is 1. The van der Waals surface area contributed by atoms with Crippen molar-refractivity contribution in [2.75, 3.05) is 7.11 Å². The van der Waals surface area contributed by atoms with Crippen LogP contribution < -0.4 is 5.56 Å². The van der Waals surface area contributed by atoms with Crippen LogP contribution in [0.1, 0.15) is 34.1 Å². The zero-order chi connectivity index (χ0) is 19.6. The maximum atomic E-state index is 14.2. The molecule has 27 heavy (non-hydrogen) atoms. The first kappa shape index (κ1) is 18.3. The fourth-order valence-corrected chi connectivity index (χ4v) is 2.75. The molecule has 0 unspecified atom stereocenters. The van der Waals surface area contributed by atoms with Crippen LogP contribution in [0.15, 0.2) is 35.1 Å². The van der Waals surface area contributed by atoms with Crippen LogP contribution >= 0.6 is 0 Å². The Hall–Kier alpha value is -3.53. The lowest BCUT2D eigenvalue weighted by atomic mass is 10.0. The van der Waals surface area contributed by atoms with Crippen LogP contribution in [-0.4, -0.2) is 23.3 Å². The first-order valence-corrected chi connectivity index (χ1v) is 7.95. The van der Waals surface area contributed by atoms with Crippen LogP contribution in [0.5, 0.6) is 0 Å². The predicted molar refractivity (Wildman–Crippen MR) is 95.4 cm³/mol.